The summed E-state index contributed by atoms with van der Waals surface area (Å²) in [5.74, 6) is -1.12. The van der Waals surface area contributed by atoms with Gasteiger partial charge in [0.2, 0.25) is 15.9 Å². The molecule has 1 aromatic heterocycles. The van der Waals surface area contributed by atoms with Gasteiger partial charge in [0.05, 0.1) is 17.6 Å². The lowest BCUT2D eigenvalue weighted by Crippen LogP contribution is -2.37. The van der Waals surface area contributed by atoms with Crippen LogP contribution in [0.3, 0.4) is 0 Å². The summed E-state index contributed by atoms with van der Waals surface area (Å²) in [6.45, 7) is -0.0161. The molecule has 2 aromatic rings. The van der Waals surface area contributed by atoms with E-state index < -0.39 is 28.3 Å². The van der Waals surface area contributed by atoms with E-state index in [4.69, 9.17) is 0 Å². The fourth-order valence-electron chi connectivity index (χ4n) is 1.81. The van der Waals surface area contributed by atoms with E-state index in [1.807, 2.05) is 0 Å². The standard InChI is InChI=1S/C14H16FN3O4S/c15-12-4-1-5-13(7-12)23(20,21)18-9-14(19)16-6-2-3-11-8-17-22-10-11/h1,4-5,7-8,10,18H,2-3,6,9H2,(H,16,19). The molecule has 1 amide bonds. The van der Waals surface area contributed by atoms with Gasteiger partial charge in [0.15, 0.2) is 0 Å². The van der Waals surface area contributed by atoms with Crippen LogP contribution in [0.15, 0.2) is 46.1 Å². The van der Waals surface area contributed by atoms with E-state index in [-0.39, 0.29) is 4.90 Å². The number of benzene rings is 1. The highest BCUT2D eigenvalue weighted by atomic mass is 32.2. The third-order valence-corrected chi connectivity index (χ3v) is 4.38. The van der Waals surface area contributed by atoms with Crippen molar-refractivity contribution in [2.45, 2.75) is 17.7 Å². The molecule has 23 heavy (non-hydrogen) atoms. The van der Waals surface area contributed by atoms with Crippen molar-refractivity contribution < 1.29 is 22.1 Å². The van der Waals surface area contributed by atoms with Gasteiger partial charge in [0.25, 0.3) is 0 Å². The van der Waals surface area contributed by atoms with E-state index in [9.17, 15) is 17.6 Å². The third-order valence-electron chi connectivity index (χ3n) is 2.98. The number of rotatable bonds is 8. The number of nitrogens with zero attached hydrogens (tertiary/aromatic N) is 1. The SMILES string of the molecule is O=C(CNS(=O)(=O)c1cccc(F)c1)NCCCc1cnoc1. The van der Waals surface area contributed by atoms with Gasteiger partial charge in [-0.25, -0.2) is 17.5 Å². The Labute approximate surface area is 132 Å². The van der Waals surface area contributed by atoms with Gasteiger partial charge in [-0.05, 0) is 31.0 Å². The van der Waals surface area contributed by atoms with Crippen LogP contribution in [0.25, 0.3) is 0 Å². The van der Waals surface area contributed by atoms with Gasteiger partial charge in [-0.15, -0.1) is 0 Å². The first-order valence-electron chi connectivity index (χ1n) is 6.87. The van der Waals surface area contributed by atoms with E-state index in [0.29, 0.717) is 19.4 Å². The monoisotopic (exact) mass is 341 g/mol. The molecule has 0 aliphatic rings. The highest BCUT2D eigenvalue weighted by Crippen LogP contribution is 2.09. The van der Waals surface area contributed by atoms with Crippen molar-refractivity contribution in [2.24, 2.45) is 0 Å². The minimum absolute atomic E-state index is 0.224. The van der Waals surface area contributed by atoms with Crippen molar-refractivity contribution in [1.82, 2.24) is 15.2 Å². The molecule has 0 unspecified atom stereocenters. The first-order valence-corrected chi connectivity index (χ1v) is 8.36. The minimum atomic E-state index is -3.92. The van der Waals surface area contributed by atoms with Gasteiger partial charge in [0, 0.05) is 12.1 Å². The number of sulfonamides is 1. The van der Waals surface area contributed by atoms with Gasteiger partial charge in [-0.2, -0.15) is 0 Å². The second kappa shape index (κ2) is 7.84. The molecule has 1 aromatic carbocycles. The van der Waals surface area contributed by atoms with Crippen LogP contribution < -0.4 is 10.0 Å². The average molecular weight is 341 g/mol. The van der Waals surface area contributed by atoms with E-state index in [1.165, 1.54) is 18.4 Å². The van der Waals surface area contributed by atoms with Crippen LogP contribution in [0.1, 0.15) is 12.0 Å². The molecule has 2 N–H and O–H groups in total. The molecule has 0 saturated heterocycles. The molecule has 7 nitrogen and oxygen atoms in total. The lowest BCUT2D eigenvalue weighted by atomic mass is 10.2. The van der Waals surface area contributed by atoms with Crippen molar-refractivity contribution in [3.63, 3.8) is 0 Å². The maximum Gasteiger partial charge on any atom is 0.241 e. The number of hydrogen-bond donors (Lipinski definition) is 2. The zero-order valence-electron chi connectivity index (χ0n) is 12.2. The molecular formula is C14H16FN3O4S. The smallest absolute Gasteiger partial charge is 0.241 e. The predicted octanol–water partition coefficient (Wildman–Crippen LogP) is 0.841. The molecule has 0 fully saturated rings. The van der Waals surface area contributed by atoms with Gasteiger partial charge in [-0.1, -0.05) is 11.2 Å². The average Bonchev–Trinajstić information content (AvgIpc) is 3.03. The number of carbonyl (C=O) groups excluding carboxylic acids is 1. The number of hydrogen-bond acceptors (Lipinski definition) is 5. The summed E-state index contributed by atoms with van der Waals surface area (Å²) in [6, 6.07) is 4.57. The van der Waals surface area contributed by atoms with Crippen LogP contribution in [-0.2, 0) is 21.2 Å². The minimum Gasteiger partial charge on any atom is -0.364 e. The molecule has 0 spiro atoms. The Kier molecular flexibility index (Phi) is 5.83. The second-order valence-corrected chi connectivity index (χ2v) is 6.54. The summed E-state index contributed by atoms with van der Waals surface area (Å²) < 4.78 is 43.6. The Hall–Kier alpha value is -2.26. The highest BCUT2D eigenvalue weighted by Gasteiger charge is 2.15. The fourth-order valence-corrected chi connectivity index (χ4v) is 2.82. The lowest BCUT2D eigenvalue weighted by molar-refractivity contribution is -0.119. The van der Waals surface area contributed by atoms with Crippen LogP contribution in [0, 0.1) is 5.82 Å². The molecule has 2 rings (SSSR count). The Morgan fingerprint density at radius 2 is 2.17 bits per heavy atom. The van der Waals surface area contributed by atoms with Crippen molar-refractivity contribution in [3.8, 4) is 0 Å². The van der Waals surface area contributed by atoms with Crippen LogP contribution in [0.5, 0.6) is 0 Å². The Morgan fingerprint density at radius 1 is 1.35 bits per heavy atom. The summed E-state index contributed by atoms with van der Waals surface area (Å²) in [7, 11) is -3.92. The number of aromatic nitrogens is 1. The molecule has 0 bridgehead atoms. The summed E-state index contributed by atoms with van der Waals surface area (Å²) >= 11 is 0. The van der Waals surface area contributed by atoms with Crippen LogP contribution in [0.2, 0.25) is 0 Å². The van der Waals surface area contributed by atoms with Crippen molar-refractivity contribution in [3.05, 3.63) is 48.1 Å². The lowest BCUT2D eigenvalue weighted by Gasteiger charge is -2.07. The van der Waals surface area contributed by atoms with E-state index >= 15 is 0 Å². The molecule has 0 saturated carbocycles. The topological polar surface area (TPSA) is 101 Å². The first-order chi connectivity index (χ1) is 11.0. The van der Waals surface area contributed by atoms with E-state index in [1.54, 1.807) is 6.20 Å². The van der Waals surface area contributed by atoms with Gasteiger partial charge in [0.1, 0.15) is 12.1 Å². The predicted molar refractivity (Wildman–Crippen MR) is 79.4 cm³/mol. The van der Waals surface area contributed by atoms with E-state index in [0.717, 1.165) is 17.7 Å². The van der Waals surface area contributed by atoms with Gasteiger partial charge in [-0.3, -0.25) is 4.79 Å². The third kappa shape index (κ3) is 5.46. The fraction of sp³-hybridized carbons (Fsp3) is 0.286. The highest BCUT2D eigenvalue weighted by molar-refractivity contribution is 7.89. The zero-order valence-corrected chi connectivity index (χ0v) is 13.0. The molecule has 9 heteroatoms. The molecule has 0 radical (unpaired) electrons. The first kappa shape index (κ1) is 17.1. The van der Waals surface area contributed by atoms with E-state index in [2.05, 4.69) is 19.7 Å². The number of amides is 1. The Balaban J connectivity index is 1.73. The maximum absolute atomic E-state index is 13.0. The van der Waals surface area contributed by atoms with Crippen LogP contribution >= 0.6 is 0 Å². The molecular weight excluding hydrogens is 325 g/mol. The molecule has 0 atom stereocenters. The molecule has 0 aliphatic carbocycles. The summed E-state index contributed by atoms with van der Waals surface area (Å²) in [6.07, 6.45) is 4.48. The quantitative estimate of drug-likeness (QED) is 0.693. The second-order valence-electron chi connectivity index (χ2n) is 4.77. The number of halogens is 1. The van der Waals surface area contributed by atoms with Crippen molar-refractivity contribution in [1.29, 1.82) is 0 Å². The molecule has 1 heterocycles. The Morgan fingerprint density at radius 3 is 2.87 bits per heavy atom. The van der Waals surface area contributed by atoms with Gasteiger partial charge < -0.3 is 9.84 Å². The molecule has 124 valence electrons. The summed E-state index contributed by atoms with van der Waals surface area (Å²) in [5, 5.41) is 6.15. The molecule has 0 aliphatic heterocycles. The Bertz CT molecular complexity index is 747. The normalized spacial score (nSPS) is 11.3. The van der Waals surface area contributed by atoms with Gasteiger partial charge >= 0.3 is 0 Å². The number of aryl methyl sites for hydroxylation is 1. The van der Waals surface area contributed by atoms with Crippen molar-refractivity contribution >= 4 is 15.9 Å². The maximum atomic E-state index is 13.0. The van der Waals surface area contributed by atoms with Crippen LogP contribution in [0.4, 0.5) is 4.39 Å². The number of nitrogens with one attached hydrogen (secondary N) is 2. The largest absolute Gasteiger partial charge is 0.364 e. The van der Waals surface area contributed by atoms with Crippen molar-refractivity contribution in [2.75, 3.05) is 13.1 Å². The van der Waals surface area contributed by atoms with Crippen LogP contribution in [-0.4, -0.2) is 32.6 Å². The number of carbonyl (C=O) groups is 1. The summed E-state index contributed by atoms with van der Waals surface area (Å²) in [5.41, 5.74) is 0.922. The summed E-state index contributed by atoms with van der Waals surface area (Å²) in [4.78, 5) is 11.4. The zero-order chi connectivity index (χ0) is 16.7.